The lowest BCUT2D eigenvalue weighted by molar-refractivity contribution is -0.119. The molecule has 55 heavy (non-hydrogen) atoms. The first-order valence-electron chi connectivity index (χ1n) is 18.3. The molecule has 0 bridgehead atoms. The predicted molar refractivity (Wildman–Crippen MR) is 215 cm³/mol. The summed E-state index contributed by atoms with van der Waals surface area (Å²) in [5.41, 5.74) is 8.91. The molecule has 0 saturated carbocycles. The number of alkyl halides is 1. The van der Waals surface area contributed by atoms with E-state index in [-0.39, 0.29) is 11.6 Å². The molecular formula is C41H49BrF2N6O5. The van der Waals surface area contributed by atoms with Crippen molar-refractivity contribution >= 4 is 43.9 Å². The first-order valence-corrected chi connectivity index (χ1v) is 19.4. The van der Waals surface area contributed by atoms with E-state index < -0.39 is 11.9 Å². The molecule has 2 aromatic heterocycles. The maximum atomic E-state index is 13.1. The first kappa shape index (κ1) is 42.8. The molecule has 2 heterocycles. The van der Waals surface area contributed by atoms with Crippen LogP contribution in [0.25, 0.3) is 22.1 Å². The number of carbonyl (C=O) groups is 1. The van der Waals surface area contributed by atoms with Crippen LogP contribution in [0, 0.1) is 11.6 Å². The summed E-state index contributed by atoms with van der Waals surface area (Å²) in [6, 6.07) is 22.7. The molecular weight excluding hydrogens is 774 g/mol. The fraction of sp³-hybridized carbons (Fsp3) is 0.341. The number of nitrogens with one attached hydrogen (secondary N) is 1. The second-order valence-electron chi connectivity index (χ2n) is 11.8. The van der Waals surface area contributed by atoms with Gasteiger partial charge in [-0.2, -0.15) is 0 Å². The Bertz CT molecular complexity index is 2090. The van der Waals surface area contributed by atoms with Crippen LogP contribution in [0.2, 0.25) is 0 Å². The summed E-state index contributed by atoms with van der Waals surface area (Å²) < 4.78 is 52.9. The molecule has 0 spiro atoms. The first-order chi connectivity index (χ1) is 26.7. The van der Waals surface area contributed by atoms with Crippen molar-refractivity contribution in [3.05, 3.63) is 108 Å². The third-order valence-electron chi connectivity index (χ3n) is 8.14. The summed E-state index contributed by atoms with van der Waals surface area (Å²) in [7, 11) is 0. The van der Waals surface area contributed by atoms with Gasteiger partial charge in [0.1, 0.15) is 46.3 Å². The number of hydrogen-bond donors (Lipinski definition) is 2. The van der Waals surface area contributed by atoms with Crippen LogP contribution < -0.4 is 20.5 Å². The molecule has 294 valence electrons. The van der Waals surface area contributed by atoms with E-state index in [0.29, 0.717) is 67.8 Å². The van der Waals surface area contributed by atoms with E-state index in [2.05, 4.69) is 35.8 Å². The van der Waals surface area contributed by atoms with Gasteiger partial charge in [-0.1, -0.05) is 29.8 Å². The molecule has 0 aliphatic carbocycles. The number of nitrogens with zero attached hydrogens (tertiary/aromatic N) is 4. The highest BCUT2D eigenvalue weighted by atomic mass is 79.9. The van der Waals surface area contributed by atoms with Crippen LogP contribution in [0.15, 0.2) is 84.9 Å². The van der Waals surface area contributed by atoms with Crippen molar-refractivity contribution in [2.45, 2.75) is 65.6 Å². The Balaban J connectivity index is 0.000000238. The molecule has 0 radical (unpaired) electrons. The molecule has 4 aromatic carbocycles. The van der Waals surface area contributed by atoms with Gasteiger partial charge < -0.3 is 33.8 Å². The molecule has 1 amide bonds. The average Bonchev–Trinajstić information content (AvgIpc) is 3.73. The van der Waals surface area contributed by atoms with Crippen molar-refractivity contribution in [3.63, 3.8) is 0 Å². The zero-order valence-electron chi connectivity index (χ0n) is 31.9. The topological polar surface area (TPSA) is 128 Å². The Labute approximate surface area is 328 Å². The number of fused-ring (bicyclic) bond motifs is 2. The van der Waals surface area contributed by atoms with Crippen LogP contribution >= 0.6 is 15.9 Å². The third kappa shape index (κ3) is 12.3. The minimum Gasteiger partial charge on any atom is -0.457 e. The molecule has 3 N–H and O–H groups in total. The highest BCUT2D eigenvalue weighted by molar-refractivity contribution is 9.08. The summed E-state index contributed by atoms with van der Waals surface area (Å²) in [5, 5.41) is 3.75. The van der Waals surface area contributed by atoms with Gasteiger partial charge in [0.15, 0.2) is 0 Å². The Morgan fingerprint density at radius 2 is 1.15 bits per heavy atom. The Morgan fingerprint density at radius 1 is 0.727 bits per heavy atom. The molecule has 0 fully saturated rings. The summed E-state index contributed by atoms with van der Waals surface area (Å²) in [6.07, 6.45) is 0. The van der Waals surface area contributed by atoms with Gasteiger partial charge >= 0.3 is 0 Å². The number of nitrogens with two attached hydrogens (primary N) is 1. The van der Waals surface area contributed by atoms with Gasteiger partial charge in [-0.05, 0) is 93.6 Å². The number of hydrogen-bond acceptors (Lipinski definition) is 8. The monoisotopic (exact) mass is 822 g/mol. The average molecular weight is 824 g/mol. The van der Waals surface area contributed by atoms with E-state index >= 15 is 0 Å². The van der Waals surface area contributed by atoms with Crippen molar-refractivity contribution in [1.82, 2.24) is 24.4 Å². The molecule has 11 nitrogen and oxygen atoms in total. The number of benzene rings is 4. The van der Waals surface area contributed by atoms with E-state index in [1.54, 1.807) is 31.2 Å². The largest absolute Gasteiger partial charge is 0.457 e. The normalized spacial score (nSPS) is 11.4. The van der Waals surface area contributed by atoms with Crippen LogP contribution in [-0.2, 0) is 39.2 Å². The summed E-state index contributed by atoms with van der Waals surface area (Å²) in [4.78, 5) is 20.6. The number of ether oxygens (including phenoxy) is 4. The zero-order chi connectivity index (χ0) is 39.7. The maximum Gasteiger partial charge on any atom is 0.234 e. The second kappa shape index (κ2) is 21.9. The van der Waals surface area contributed by atoms with Gasteiger partial charge in [0.25, 0.3) is 0 Å². The van der Waals surface area contributed by atoms with Gasteiger partial charge in [-0.15, -0.1) is 0 Å². The Hall–Kier alpha value is -4.89. The number of rotatable bonds is 17. The van der Waals surface area contributed by atoms with E-state index in [1.807, 2.05) is 68.7 Å². The van der Waals surface area contributed by atoms with Crippen LogP contribution in [-0.4, -0.2) is 57.5 Å². The van der Waals surface area contributed by atoms with Crippen molar-refractivity contribution in [2.75, 3.05) is 26.4 Å². The molecule has 0 aliphatic heterocycles. The molecule has 1 unspecified atom stereocenters. The summed E-state index contributed by atoms with van der Waals surface area (Å²) in [5.74, 6) is 3.14. The lowest BCUT2D eigenvalue weighted by Crippen LogP contribution is -2.38. The SMILES string of the molecule is CC.CCOCCn1c(CBr)nc2ccc(Oc3ccc(F)cc3)cc21.CCOCCn1c(CNC(C)C(N)=O)nc2ccc(Oc3ccc(F)cc3)cc21. The van der Waals surface area contributed by atoms with Crippen molar-refractivity contribution in [1.29, 1.82) is 0 Å². The number of primary amides is 1. The van der Waals surface area contributed by atoms with Gasteiger partial charge in [0, 0.05) is 38.4 Å². The summed E-state index contributed by atoms with van der Waals surface area (Å²) >= 11 is 3.48. The lowest BCUT2D eigenvalue weighted by atomic mass is 10.3. The van der Waals surface area contributed by atoms with E-state index in [0.717, 1.165) is 40.3 Å². The number of imidazole rings is 2. The minimum atomic E-state index is -0.465. The third-order valence-corrected chi connectivity index (χ3v) is 8.64. The molecule has 6 rings (SSSR count). The Morgan fingerprint density at radius 3 is 1.56 bits per heavy atom. The van der Waals surface area contributed by atoms with Gasteiger partial charge in [-0.25, -0.2) is 18.7 Å². The molecule has 6 aromatic rings. The fourth-order valence-corrected chi connectivity index (χ4v) is 5.82. The van der Waals surface area contributed by atoms with Crippen molar-refractivity contribution in [2.24, 2.45) is 5.73 Å². The van der Waals surface area contributed by atoms with Crippen molar-refractivity contribution < 1.29 is 32.5 Å². The quantitative estimate of drug-likeness (QED) is 0.0690. The number of amides is 1. The standard InChI is InChI=1S/C21H25FN4O3.C18H18BrFN2O2.C2H6/c1-3-28-11-10-26-19-12-17(29-16-6-4-15(22)5-7-16)8-9-18(19)25-20(26)13-24-14(2)21(23)27;1-2-23-10-9-22-17-11-15(7-8-16(17)21-18(22)12-19)24-14-5-3-13(20)4-6-14;1-2/h4-9,12,14,24H,3,10-11,13H2,1-2H3,(H2,23,27);3-8,11H,2,9-10,12H2,1H3;1-2H3. The second-order valence-corrected chi connectivity index (χ2v) is 12.4. The number of halogens is 3. The van der Waals surface area contributed by atoms with Gasteiger partial charge in [-0.3, -0.25) is 10.1 Å². The van der Waals surface area contributed by atoms with Gasteiger partial charge in [0.2, 0.25) is 5.91 Å². The minimum absolute atomic E-state index is 0.284. The van der Waals surface area contributed by atoms with E-state index in [9.17, 15) is 13.6 Å². The fourth-order valence-electron chi connectivity index (χ4n) is 5.39. The molecule has 14 heteroatoms. The number of carbonyl (C=O) groups excluding carboxylic acids is 1. The van der Waals surface area contributed by atoms with Crippen molar-refractivity contribution in [3.8, 4) is 23.0 Å². The van der Waals surface area contributed by atoms with E-state index in [4.69, 9.17) is 24.7 Å². The predicted octanol–water partition coefficient (Wildman–Crippen LogP) is 8.89. The highest BCUT2D eigenvalue weighted by Crippen LogP contribution is 2.28. The summed E-state index contributed by atoms with van der Waals surface area (Å²) in [6.45, 7) is 13.8. The molecule has 1 atom stereocenters. The molecule has 0 aliphatic rings. The number of aromatic nitrogens is 4. The zero-order valence-corrected chi connectivity index (χ0v) is 33.4. The smallest absolute Gasteiger partial charge is 0.234 e. The van der Waals surface area contributed by atoms with Crippen LogP contribution in [0.1, 0.15) is 46.3 Å². The van der Waals surface area contributed by atoms with Crippen LogP contribution in [0.3, 0.4) is 0 Å². The lowest BCUT2D eigenvalue weighted by Gasteiger charge is -2.13. The highest BCUT2D eigenvalue weighted by Gasteiger charge is 2.15. The van der Waals surface area contributed by atoms with Gasteiger partial charge in [0.05, 0.1) is 53.2 Å². The maximum absolute atomic E-state index is 13.1. The van der Waals surface area contributed by atoms with E-state index in [1.165, 1.54) is 24.3 Å². The molecule has 0 saturated heterocycles. The van der Waals surface area contributed by atoms with Crippen LogP contribution in [0.5, 0.6) is 23.0 Å². The Kier molecular flexibility index (Phi) is 17.0. The van der Waals surface area contributed by atoms with Crippen LogP contribution in [0.4, 0.5) is 8.78 Å².